The fourth-order valence-corrected chi connectivity index (χ4v) is 4.04. The van der Waals surface area contributed by atoms with Gasteiger partial charge < -0.3 is 5.32 Å². The first-order valence-electron chi connectivity index (χ1n) is 6.55. The van der Waals surface area contributed by atoms with Crippen LogP contribution in [0.25, 0.3) is 0 Å². The monoisotopic (exact) mass is 377 g/mol. The first-order chi connectivity index (χ1) is 9.87. The number of nitrogens with one attached hydrogen (secondary N) is 2. The van der Waals surface area contributed by atoms with Gasteiger partial charge in [-0.2, -0.15) is 0 Å². The third kappa shape index (κ3) is 4.65. The Balaban J connectivity index is 2.09. The standard InChI is InChI=1S/C12H16BrN3O4S/c13-11-5-4-9(7-12(11)16(17)18)15-21(19,20)8-10-3-1-2-6-14-10/h4-5,7,10,14-15H,1-3,6,8H2. The summed E-state index contributed by atoms with van der Waals surface area (Å²) in [7, 11) is -3.54. The van der Waals surface area contributed by atoms with Gasteiger partial charge in [0.05, 0.1) is 20.8 Å². The van der Waals surface area contributed by atoms with E-state index in [1.165, 1.54) is 18.2 Å². The highest BCUT2D eigenvalue weighted by Crippen LogP contribution is 2.28. The third-order valence-electron chi connectivity index (χ3n) is 3.25. The molecule has 1 heterocycles. The number of hydrogen-bond donors (Lipinski definition) is 2. The second kappa shape index (κ2) is 6.71. The van der Waals surface area contributed by atoms with Crippen LogP contribution in [-0.2, 0) is 10.0 Å². The van der Waals surface area contributed by atoms with Gasteiger partial charge in [0.15, 0.2) is 0 Å². The van der Waals surface area contributed by atoms with E-state index in [2.05, 4.69) is 26.0 Å². The highest BCUT2D eigenvalue weighted by molar-refractivity contribution is 9.10. The summed E-state index contributed by atoms with van der Waals surface area (Å²) in [4.78, 5) is 10.3. The van der Waals surface area contributed by atoms with Crippen molar-refractivity contribution in [1.82, 2.24) is 5.32 Å². The SMILES string of the molecule is O=[N+]([O-])c1cc(NS(=O)(=O)CC2CCCCN2)ccc1Br. The quantitative estimate of drug-likeness (QED) is 0.605. The summed E-state index contributed by atoms with van der Waals surface area (Å²) < 4.78 is 26.9. The van der Waals surface area contributed by atoms with Crippen LogP contribution in [0.5, 0.6) is 0 Å². The molecule has 0 bridgehead atoms. The van der Waals surface area contributed by atoms with E-state index in [4.69, 9.17) is 0 Å². The van der Waals surface area contributed by atoms with Gasteiger partial charge in [0.25, 0.3) is 5.69 Å². The first-order valence-corrected chi connectivity index (χ1v) is 9.00. The second-order valence-corrected chi connectivity index (χ2v) is 7.57. The lowest BCUT2D eigenvalue weighted by Crippen LogP contribution is -2.40. The molecule has 9 heteroatoms. The number of nitro groups is 1. The maximum absolute atomic E-state index is 12.1. The Hall–Kier alpha value is -1.19. The largest absolute Gasteiger partial charge is 0.313 e. The number of sulfonamides is 1. The number of nitro benzene ring substituents is 1. The van der Waals surface area contributed by atoms with Crippen LogP contribution < -0.4 is 10.0 Å². The van der Waals surface area contributed by atoms with E-state index in [0.29, 0.717) is 4.47 Å². The summed E-state index contributed by atoms with van der Waals surface area (Å²) in [5.41, 5.74) is 0.0201. The minimum Gasteiger partial charge on any atom is -0.313 e. The Morgan fingerprint density at radius 2 is 2.19 bits per heavy atom. The Bertz CT molecular complexity index is 629. The summed E-state index contributed by atoms with van der Waals surface area (Å²) >= 11 is 3.06. The number of benzene rings is 1. The predicted octanol–water partition coefficient (Wildman–Crippen LogP) is 2.24. The highest BCUT2D eigenvalue weighted by atomic mass is 79.9. The molecule has 21 heavy (non-hydrogen) atoms. The lowest BCUT2D eigenvalue weighted by atomic mass is 10.1. The molecule has 0 amide bonds. The number of nitrogens with zero attached hydrogens (tertiary/aromatic N) is 1. The summed E-state index contributed by atoms with van der Waals surface area (Å²) in [5.74, 6) is -0.0309. The summed E-state index contributed by atoms with van der Waals surface area (Å²) in [6.45, 7) is 0.823. The van der Waals surface area contributed by atoms with Gasteiger partial charge in [0, 0.05) is 12.1 Å². The van der Waals surface area contributed by atoms with Crippen molar-refractivity contribution in [2.24, 2.45) is 0 Å². The molecule has 1 fully saturated rings. The van der Waals surface area contributed by atoms with E-state index in [-0.39, 0.29) is 23.2 Å². The predicted molar refractivity (Wildman–Crippen MR) is 83.8 cm³/mol. The Kier molecular flexibility index (Phi) is 5.17. The van der Waals surface area contributed by atoms with Crippen LogP contribution in [-0.4, -0.2) is 31.7 Å². The summed E-state index contributed by atoms with van der Waals surface area (Å²) in [6.07, 6.45) is 2.89. The van der Waals surface area contributed by atoms with Gasteiger partial charge >= 0.3 is 0 Å². The number of halogens is 1. The number of rotatable bonds is 5. The van der Waals surface area contributed by atoms with Gasteiger partial charge in [0.1, 0.15) is 0 Å². The number of piperidine rings is 1. The Morgan fingerprint density at radius 3 is 2.81 bits per heavy atom. The van der Waals surface area contributed by atoms with Gasteiger partial charge in [-0.15, -0.1) is 0 Å². The zero-order chi connectivity index (χ0) is 15.5. The van der Waals surface area contributed by atoms with Crippen molar-refractivity contribution in [3.8, 4) is 0 Å². The molecular formula is C12H16BrN3O4S. The third-order valence-corrected chi connectivity index (χ3v) is 5.31. The topological polar surface area (TPSA) is 101 Å². The Labute approximate surface area is 131 Å². The average Bonchev–Trinajstić information content (AvgIpc) is 2.41. The maximum atomic E-state index is 12.1. The molecule has 1 atom stereocenters. The van der Waals surface area contributed by atoms with Gasteiger partial charge in [-0.3, -0.25) is 14.8 Å². The van der Waals surface area contributed by atoms with Crippen LogP contribution in [0.2, 0.25) is 0 Å². The van der Waals surface area contributed by atoms with E-state index in [0.717, 1.165) is 25.8 Å². The molecule has 0 aliphatic carbocycles. The van der Waals surface area contributed by atoms with Crippen LogP contribution in [0.15, 0.2) is 22.7 Å². The minimum absolute atomic E-state index is 0.0309. The van der Waals surface area contributed by atoms with Crippen LogP contribution in [0.3, 0.4) is 0 Å². The van der Waals surface area contributed by atoms with Crippen LogP contribution >= 0.6 is 15.9 Å². The van der Waals surface area contributed by atoms with Crippen molar-refractivity contribution in [2.75, 3.05) is 17.0 Å². The molecule has 1 aliphatic rings. The van der Waals surface area contributed by atoms with E-state index in [9.17, 15) is 18.5 Å². The molecule has 0 aromatic heterocycles. The highest BCUT2D eigenvalue weighted by Gasteiger charge is 2.22. The van der Waals surface area contributed by atoms with Gasteiger partial charge in [-0.1, -0.05) is 6.42 Å². The van der Waals surface area contributed by atoms with E-state index < -0.39 is 14.9 Å². The molecule has 116 valence electrons. The van der Waals surface area contributed by atoms with E-state index >= 15 is 0 Å². The van der Waals surface area contributed by atoms with Crippen molar-refractivity contribution < 1.29 is 13.3 Å². The fourth-order valence-electron chi connectivity index (χ4n) is 2.27. The Morgan fingerprint density at radius 1 is 1.43 bits per heavy atom. The molecule has 2 rings (SSSR count). The van der Waals surface area contributed by atoms with Crippen molar-refractivity contribution in [3.05, 3.63) is 32.8 Å². The number of hydrogen-bond acceptors (Lipinski definition) is 5. The molecule has 0 saturated carbocycles. The van der Waals surface area contributed by atoms with Crippen LogP contribution in [0, 0.1) is 10.1 Å². The normalized spacial score (nSPS) is 19.2. The lowest BCUT2D eigenvalue weighted by molar-refractivity contribution is -0.385. The molecule has 0 radical (unpaired) electrons. The van der Waals surface area contributed by atoms with Crippen molar-refractivity contribution in [2.45, 2.75) is 25.3 Å². The molecule has 1 aliphatic heterocycles. The summed E-state index contributed by atoms with van der Waals surface area (Å²) in [6, 6.07) is 4.08. The van der Waals surface area contributed by atoms with E-state index in [1.54, 1.807) is 0 Å². The molecule has 2 N–H and O–H groups in total. The van der Waals surface area contributed by atoms with Gasteiger partial charge in [-0.05, 0) is 47.4 Å². The molecule has 0 spiro atoms. The molecule has 1 aromatic carbocycles. The zero-order valence-corrected chi connectivity index (χ0v) is 13.6. The zero-order valence-electron chi connectivity index (χ0n) is 11.2. The maximum Gasteiger partial charge on any atom is 0.285 e. The average molecular weight is 378 g/mol. The lowest BCUT2D eigenvalue weighted by Gasteiger charge is -2.23. The van der Waals surface area contributed by atoms with Gasteiger partial charge in [-0.25, -0.2) is 8.42 Å². The number of anilines is 1. The van der Waals surface area contributed by atoms with E-state index in [1.807, 2.05) is 0 Å². The summed E-state index contributed by atoms with van der Waals surface area (Å²) in [5, 5.41) is 14.0. The molecular weight excluding hydrogens is 362 g/mol. The second-order valence-electron chi connectivity index (χ2n) is 4.95. The fraction of sp³-hybridized carbons (Fsp3) is 0.500. The van der Waals surface area contributed by atoms with Crippen molar-refractivity contribution in [1.29, 1.82) is 0 Å². The molecule has 1 saturated heterocycles. The molecule has 1 aromatic rings. The van der Waals surface area contributed by atoms with Crippen LogP contribution in [0.4, 0.5) is 11.4 Å². The van der Waals surface area contributed by atoms with Crippen LogP contribution in [0.1, 0.15) is 19.3 Å². The molecule has 1 unspecified atom stereocenters. The van der Waals surface area contributed by atoms with Crippen molar-refractivity contribution >= 4 is 37.3 Å². The van der Waals surface area contributed by atoms with Gasteiger partial charge in [0.2, 0.25) is 10.0 Å². The smallest absolute Gasteiger partial charge is 0.285 e. The molecule has 7 nitrogen and oxygen atoms in total. The first kappa shape index (κ1) is 16.2. The van der Waals surface area contributed by atoms with Crippen molar-refractivity contribution in [3.63, 3.8) is 0 Å². The minimum atomic E-state index is -3.54.